The minimum atomic E-state index is -0.227. The van der Waals surface area contributed by atoms with Crippen LogP contribution < -0.4 is 9.64 Å². The third kappa shape index (κ3) is 3.22. The lowest BCUT2D eigenvalue weighted by Crippen LogP contribution is -2.32. The molecular formula is C21H16N2O3S. The molecule has 6 heteroatoms. The molecule has 3 aromatic rings. The first-order valence-corrected chi connectivity index (χ1v) is 9.16. The van der Waals surface area contributed by atoms with Crippen LogP contribution in [0.5, 0.6) is 11.5 Å². The molecule has 1 aromatic heterocycles. The molecule has 0 aliphatic carbocycles. The summed E-state index contributed by atoms with van der Waals surface area (Å²) in [6.07, 6.45) is 1.78. The maximum absolute atomic E-state index is 13.1. The van der Waals surface area contributed by atoms with E-state index >= 15 is 0 Å². The molecule has 1 aliphatic heterocycles. The van der Waals surface area contributed by atoms with E-state index in [0.29, 0.717) is 23.0 Å². The van der Waals surface area contributed by atoms with E-state index in [-0.39, 0.29) is 11.7 Å². The summed E-state index contributed by atoms with van der Waals surface area (Å²) < 4.78 is 5.46. The van der Waals surface area contributed by atoms with Gasteiger partial charge in [0.15, 0.2) is 5.84 Å². The van der Waals surface area contributed by atoms with Crippen LogP contribution in [0.3, 0.4) is 0 Å². The van der Waals surface area contributed by atoms with Crippen LogP contribution in [-0.4, -0.2) is 24.0 Å². The number of amidine groups is 1. The summed E-state index contributed by atoms with van der Waals surface area (Å²) >= 11 is 1.54. The summed E-state index contributed by atoms with van der Waals surface area (Å²) in [6, 6.07) is 17.8. The van der Waals surface area contributed by atoms with Gasteiger partial charge < -0.3 is 9.84 Å². The van der Waals surface area contributed by atoms with Crippen molar-refractivity contribution >= 4 is 34.8 Å². The highest BCUT2D eigenvalue weighted by atomic mass is 32.1. The number of phenolic OH excluding ortho intramolecular Hbond substituents is 1. The van der Waals surface area contributed by atoms with E-state index in [4.69, 9.17) is 4.74 Å². The summed E-state index contributed by atoms with van der Waals surface area (Å²) in [7, 11) is 1.59. The molecule has 27 heavy (non-hydrogen) atoms. The molecule has 5 nitrogen and oxygen atoms in total. The fourth-order valence-electron chi connectivity index (χ4n) is 2.88. The largest absolute Gasteiger partial charge is 0.508 e. The van der Waals surface area contributed by atoms with Gasteiger partial charge in [0.05, 0.1) is 18.4 Å². The van der Waals surface area contributed by atoms with Gasteiger partial charge in [-0.25, -0.2) is 4.99 Å². The van der Waals surface area contributed by atoms with Crippen LogP contribution in [0.2, 0.25) is 0 Å². The summed E-state index contributed by atoms with van der Waals surface area (Å²) in [5, 5.41) is 11.5. The van der Waals surface area contributed by atoms with E-state index in [0.717, 1.165) is 10.4 Å². The molecule has 1 N–H and O–H groups in total. The first kappa shape index (κ1) is 17.1. The summed E-state index contributed by atoms with van der Waals surface area (Å²) in [4.78, 5) is 20.3. The second-order valence-corrected chi connectivity index (χ2v) is 6.82. The number of anilines is 1. The number of phenols is 1. The number of ether oxygens (including phenoxy) is 1. The third-order valence-corrected chi connectivity index (χ3v) is 4.96. The lowest BCUT2D eigenvalue weighted by molar-refractivity contribution is -0.113. The summed E-state index contributed by atoms with van der Waals surface area (Å²) in [6.45, 7) is 0. The molecule has 0 saturated heterocycles. The molecule has 4 rings (SSSR count). The maximum atomic E-state index is 13.1. The van der Waals surface area contributed by atoms with Crippen LogP contribution >= 0.6 is 11.3 Å². The van der Waals surface area contributed by atoms with Gasteiger partial charge in [0.2, 0.25) is 0 Å². The number of nitrogens with zero attached hydrogens (tertiary/aromatic N) is 2. The number of rotatable bonds is 4. The van der Waals surface area contributed by atoms with Gasteiger partial charge in [-0.1, -0.05) is 18.2 Å². The van der Waals surface area contributed by atoms with Crippen molar-refractivity contribution in [2.45, 2.75) is 0 Å². The Morgan fingerprint density at radius 1 is 1.07 bits per heavy atom. The number of carbonyl (C=O) groups excluding carboxylic acids is 1. The number of carbonyl (C=O) groups is 1. The van der Waals surface area contributed by atoms with Crippen molar-refractivity contribution < 1.29 is 14.6 Å². The molecular weight excluding hydrogens is 360 g/mol. The number of aromatic hydroxyl groups is 1. The number of benzene rings is 2. The predicted octanol–water partition coefficient (Wildman–Crippen LogP) is 4.30. The normalized spacial score (nSPS) is 15.3. The van der Waals surface area contributed by atoms with Crippen LogP contribution in [0, 0.1) is 0 Å². The van der Waals surface area contributed by atoms with Gasteiger partial charge >= 0.3 is 0 Å². The van der Waals surface area contributed by atoms with Gasteiger partial charge in [-0.15, -0.1) is 11.3 Å². The molecule has 0 saturated carbocycles. The molecule has 0 unspecified atom stereocenters. The minimum absolute atomic E-state index is 0.135. The molecule has 1 aliphatic rings. The zero-order valence-electron chi connectivity index (χ0n) is 14.5. The smallest absolute Gasteiger partial charge is 0.282 e. The fourth-order valence-corrected chi connectivity index (χ4v) is 3.53. The van der Waals surface area contributed by atoms with E-state index < -0.39 is 0 Å². The highest BCUT2D eigenvalue weighted by Crippen LogP contribution is 2.32. The molecule has 1 amide bonds. The van der Waals surface area contributed by atoms with Crippen molar-refractivity contribution in [3.05, 3.63) is 82.2 Å². The van der Waals surface area contributed by atoms with Gasteiger partial charge in [0.25, 0.3) is 5.91 Å². The SMILES string of the molecule is COc1ccccc1C1=N/C(=C/c2cccs2)C(=O)N1c1ccc(O)cc1. The number of para-hydroxylation sites is 1. The van der Waals surface area contributed by atoms with E-state index in [1.165, 1.54) is 4.90 Å². The molecule has 0 atom stereocenters. The monoisotopic (exact) mass is 376 g/mol. The van der Waals surface area contributed by atoms with E-state index in [1.54, 1.807) is 48.8 Å². The van der Waals surface area contributed by atoms with Crippen LogP contribution in [0.4, 0.5) is 5.69 Å². The van der Waals surface area contributed by atoms with Crippen LogP contribution in [-0.2, 0) is 4.79 Å². The third-order valence-electron chi connectivity index (χ3n) is 4.14. The van der Waals surface area contributed by atoms with Gasteiger partial charge in [0, 0.05) is 4.88 Å². The molecule has 0 fully saturated rings. The average molecular weight is 376 g/mol. The van der Waals surface area contributed by atoms with Crippen molar-refractivity contribution in [1.82, 2.24) is 0 Å². The number of thiophene rings is 1. The second kappa shape index (κ2) is 7.09. The van der Waals surface area contributed by atoms with E-state index in [2.05, 4.69) is 4.99 Å². The van der Waals surface area contributed by atoms with Crippen molar-refractivity contribution in [2.24, 2.45) is 4.99 Å². The number of hydrogen-bond acceptors (Lipinski definition) is 5. The van der Waals surface area contributed by atoms with Crippen LogP contribution in [0.15, 0.2) is 76.7 Å². The van der Waals surface area contributed by atoms with Gasteiger partial charge in [-0.3, -0.25) is 9.69 Å². The Kier molecular flexibility index (Phi) is 4.48. The number of aliphatic imine (C=N–C) groups is 1. The number of methoxy groups -OCH3 is 1. The lowest BCUT2D eigenvalue weighted by Gasteiger charge is -2.19. The Morgan fingerprint density at radius 2 is 1.85 bits per heavy atom. The first-order valence-electron chi connectivity index (χ1n) is 8.28. The highest BCUT2D eigenvalue weighted by molar-refractivity contribution is 7.10. The topological polar surface area (TPSA) is 62.1 Å². The quantitative estimate of drug-likeness (QED) is 0.691. The van der Waals surface area contributed by atoms with Gasteiger partial charge in [0.1, 0.15) is 17.2 Å². The second-order valence-electron chi connectivity index (χ2n) is 5.84. The zero-order chi connectivity index (χ0) is 18.8. The summed E-state index contributed by atoms with van der Waals surface area (Å²) in [5.41, 5.74) is 1.69. The Labute approximate surface area is 160 Å². The van der Waals surface area contributed by atoms with Crippen molar-refractivity contribution in [3.63, 3.8) is 0 Å². The first-order chi connectivity index (χ1) is 13.2. The van der Waals surface area contributed by atoms with Crippen molar-refractivity contribution in [2.75, 3.05) is 12.0 Å². The highest BCUT2D eigenvalue weighted by Gasteiger charge is 2.33. The Morgan fingerprint density at radius 3 is 2.56 bits per heavy atom. The molecule has 2 heterocycles. The van der Waals surface area contributed by atoms with E-state index in [9.17, 15) is 9.90 Å². The Bertz CT molecular complexity index is 1040. The predicted molar refractivity (Wildman–Crippen MR) is 107 cm³/mol. The maximum Gasteiger partial charge on any atom is 0.282 e. The number of hydrogen-bond donors (Lipinski definition) is 1. The average Bonchev–Trinajstić information content (AvgIpc) is 3.31. The van der Waals surface area contributed by atoms with Crippen molar-refractivity contribution in [3.8, 4) is 11.5 Å². The summed E-state index contributed by atoms with van der Waals surface area (Å²) in [5.74, 6) is 1.03. The standard InChI is InChI=1S/C21H16N2O3S/c1-26-19-7-3-2-6-17(19)20-22-18(13-16-5-4-12-27-16)21(25)23(20)14-8-10-15(24)11-9-14/h2-13,24H,1H3/b18-13+. The lowest BCUT2D eigenvalue weighted by atomic mass is 10.1. The van der Waals surface area contributed by atoms with Crippen LogP contribution in [0.1, 0.15) is 10.4 Å². The minimum Gasteiger partial charge on any atom is -0.508 e. The van der Waals surface area contributed by atoms with Gasteiger partial charge in [-0.2, -0.15) is 0 Å². The van der Waals surface area contributed by atoms with Crippen molar-refractivity contribution in [1.29, 1.82) is 0 Å². The number of amides is 1. The zero-order valence-corrected chi connectivity index (χ0v) is 15.3. The van der Waals surface area contributed by atoms with Gasteiger partial charge in [-0.05, 0) is 53.9 Å². The van der Waals surface area contributed by atoms with Crippen LogP contribution in [0.25, 0.3) is 6.08 Å². The fraction of sp³-hybridized carbons (Fsp3) is 0.0476. The Balaban J connectivity index is 1.86. The molecule has 2 aromatic carbocycles. The molecule has 0 bridgehead atoms. The molecule has 134 valence electrons. The molecule has 0 spiro atoms. The Hall–Kier alpha value is -3.38. The van der Waals surface area contributed by atoms with E-state index in [1.807, 2.05) is 41.8 Å². The molecule has 0 radical (unpaired) electrons.